The van der Waals surface area contributed by atoms with E-state index in [0.29, 0.717) is 16.8 Å². The molecular weight excluding hydrogens is 298 g/mol. The van der Waals surface area contributed by atoms with Gasteiger partial charge in [0, 0.05) is 18.8 Å². The lowest BCUT2D eigenvalue weighted by atomic mass is 10.0. The highest BCUT2D eigenvalue weighted by Crippen LogP contribution is 2.34. The van der Waals surface area contributed by atoms with Gasteiger partial charge in [-0.25, -0.2) is 0 Å². The molecule has 0 aliphatic heterocycles. The lowest BCUT2D eigenvalue weighted by Crippen LogP contribution is -2.04. The summed E-state index contributed by atoms with van der Waals surface area (Å²) in [6, 6.07) is 4.47. The van der Waals surface area contributed by atoms with Crippen LogP contribution < -0.4 is 9.47 Å². The number of carboxylic acids is 1. The summed E-state index contributed by atoms with van der Waals surface area (Å²) >= 11 is 0. The topological polar surface area (TPSA) is 73.6 Å². The van der Waals surface area contributed by atoms with Gasteiger partial charge < -0.3 is 14.6 Å². The zero-order chi connectivity index (χ0) is 16.3. The van der Waals surface area contributed by atoms with E-state index in [1.54, 1.807) is 19.3 Å². The van der Waals surface area contributed by atoms with Crippen molar-refractivity contribution in [1.82, 2.24) is 9.78 Å². The Balaban J connectivity index is 2.46. The third kappa shape index (κ3) is 3.51. The summed E-state index contributed by atoms with van der Waals surface area (Å²) in [5.74, 6) is -0.995. The molecule has 0 atom stereocenters. The largest absolute Gasteiger partial charge is 0.493 e. The predicted octanol–water partition coefficient (Wildman–Crippen LogP) is 2.32. The van der Waals surface area contributed by atoms with Gasteiger partial charge in [-0.05, 0) is 17.7 Å². The fourth-order valence-electron chi connectivity index (χ4n) is 2.08. The number of nitrogens with zero attached hydrogens (tertiary/aromatic N) is 2. The number of carbonyl (C=O) groups is 1. The van der Waals surface area contributed by atoms with Gasteiger partial charge in [0.25, 0.3) is 0 Å². The lowest BCUT2D eigenvalue weighted by molar-refractivity contribution is -0.136. The number of aliphatic carboxylic acids is 1. The van der Waals surface area contributed by atoms with Gasteiger partial charge in [-0.15, -0.1) is 0 Å². The molecule has 0 saturated carbocycles. The smallest absolute Gasteiger partial charge is 0.387 e. The van der Waals surface area contributed by atoms with E-state index in [4.69, 9.17) is 9.84 Å². The molecule has 1 aromatic carbocycles. The van der Waals surface area contributed by atoms with Gasteiger partial charge >= 0.3 is 12.6 Å². The van der Waals surface area contributed by atoms with Crippen molar-refractivity contribution in [3.05, 3.63) is 30.1 Å². The normalized spacial score (nSPS) is 10.8. The molecule has 118 valence electrons. The van der Waals surface area contributed by atoms with Crippen LogP contribution >= 0.6 is 0 Å². The van der Waals surface area contributed by atoms with Crippen LogP contribution in [-0.2, 0) is 18.3 Å². The highest BCUT2D eigenvalue weighted by Gasteiger charge is 2.17. The average molecular weight is 312 g/mol. The Bertz CT molecular complexity index is 685. The van der Waals surface area contributed by atoms with Crippen molar-refractivity contribution in [3.8, 4) is 22.6 Å². The Kier molecular flexibility index (Phi) is 4.59. The Morgan fingerprint density at radius 2 is 2.14 bits per heavy atom. The number of hydrogen-bond acceptors (Lipinski definition) is 4. The highest BCUT2D eigenvalue weighted by atomic mass is 19.3. The molecule has 6 nitrogen and oxygen atoms in total. The number of aryl methyl sites for hydroxylation is 1. The van der Waals surface area contributed by atoms with Crippen LogP contribution in [-0.4, -0.2) is 34.6 Å². The van der Waals surface area contributed by atoms with Crippen molar-refractivity contribution in [2.45, 2.75) is 13.0 Å². The van der Waals surface area contributed by atoms with Crippen molar-refractivity contribution >= 4 is 5.97 Å². The van der Waals surface area contributed by atoms with Crippen molar-refractivity contribution in [1.29, 1.82) is 0 Å². The van der Waals surface area contributed by atoms with E-state index in [0.717, 1.165) is 0 Å². The van der Waals surface area contributed by atoms with Crippen LogP contribution in [0.2, 0.25) is 0 Å². The van der Waals surface area contributed by atoms with Crippen molar-refractivity contribution in [2.24, 2.45) is 7.05 Å². The summed E-state index contributed by atoms with van der Waals surface area (Å²) in [4.78, 5) is 10.9. The van der Waals surface area contributed by atoms with E-state index in [9.17, 15) is 13.6 Å². The van der Waals surface area contributed by atoms with Crippen LogP contribution in [0.4, 0.5) is 8.78 Å². The second kappa shape index (κ2) is 6.42. The molecular formula is C14H14F2N2O4. The number of ether oxygens (including phenoxy) is 2. The fourth-order valence-corrected chi connectivity index (χ4v) is 2.08. The maximum atomic E-state index is 12.5. The summed E-state index contributed by atoms with van der Waals surface area (Å²) in [5.41, 5.74) is 1.38. The molecule has 0 radical (unpaired) electrons. The van der Waals surface area contributed by atoms with E-state index in [1.807, 2.05) is 0 Å². The van der Waals surface area contributed by atoms with Gasteiger partial charge in [-0.1, -0.05) is 6.07 Å². The van der Waals surface area contributed by atoms with E-state index >= 15 is 0 Å². The lowest BCUT2D eigenvalue weighted by Gasteiger charge is -2.11. The first-order valence-electron chi connectivity index (χ1n) is 6.28. The van der Waals surface area contributed by atoms with Crippen LogP contribution in [0, 0.1) is 0 Å². The number of halogens is 2. The van der Waals surface area contributed by atoms with Crippen LogP contribution in [0.5, 0.6) is 11.5 Å². The second-order valence-corrected chi connectivity index (χ2v) is 4.48. The number of methoxy groups -OCH3 is 1. The van der Waals surface area contributed by atoms with Gasteiger partial charge in [0.05, 0.1) is 19.2 Å². The SMILES string of the molecule is COc1ccc(-c2cn(C)nc2CC(=O)O)cc1OC(F)F. The summed E-state index contributed by atoms with van der Waals surface area (Å²) in [7, 11) is 2.99. The minimum absolute atomic E-state index is 0.125. The van der Waals surface area contributed by atoms with E-state index in [1.165, 1.54) is 23.9 Å². The predicted molar refractivity (Wildman–Crippen MR) is 73.2 cm³/mol. The summed E-state index contributed by atoms with van der Waals surface area (Å²) in [6.45, 7) is -2.99. The molecule has 0 amide bonds. The van der Waals surface area contributed by atoms with Crippen molar-refractivity contribution in [2.75, 3.05) is 7.11 Å². The second-order valence-electron chi connectivity index (χ2n) is 4.48. The molecule has 8 heteroatoms. The van der Waals surface area contributed by atoms with Crippen molar-refractivity contribution in [3.63, 3.8) is 0 Å². The van der Waals surface area contributed by atoms with Gasteiger partial charge in [0.1, 0.15) is 0 Å². The maximum absolute atomic E-state index is 12.5. The summed E-state index contributed by atoms with van der Waals surface area (Å²) in [6.07, 6.45) is 1.35. The molecule has 2 aromatic rings. The van der Waals surface area contributed by atoms with E-state index in [-0.39, 0.29) is 17.9 Å². The first-order valence-corrected chi connectivity index (χ1v) is 6.28. The molecule has 0 spiro atoms. The quantitative estimate of drug-likeness (QED) is 0.886. The molecule has 0 aliphatic carbocycles. The van der Waals surface area contributed by atoms with Crippen LogP contribution in [0.1, 0.15) is 5.69 Å². The summed E-state index contributed by atoms with van der Waals surface area (Å²) in [5, 5.41) is 13.0. The molecule has 0 fully saturated rings. The first kappa shape index (κ1) is 15.7. The van der Waals surface area contributed by atoms with Gasteiger partial charge in [0.2, 0.25) is 0 Å². The third-order valence-corrected chi connectivity index (χ3v) is 2.91. The molecule has 0 saturated heterocycles. The molecule has 0 unspecified atom stereocenters. The highest BCUT2D eigenvalue weighted by molar-refractivity contribution is 5.76. The third-order valence-electron chi connectivity index (χ3n) is 2.91. The number of alkyl halides is 2. The van der Waals surface area contributed by atoms with E-state index < -0.39 is 12.6 Å². The van der Waals surface area contributed by atoms with E-state index in [2.05, 4.69) is 9.84 Å². The Morgan fingerprint density at radius 3 is 2.73 bits per heavy atom. The van der Waals surface area contributed by atoms with Gasteiger partial charge in [-0.2, -0.15) is 13.9 Å². The number of benzene rings is 1. The maximum Gasteiger partial charge on any atom is 0.387 e. The standard InChI is InChI=1S/C14H14F2N2O4/c1-18-7-9(10(17-18)6-13(19)20)8-3-4-11(21-2)12(5-8)22-14(15)16/h3-5,7,14H,6H2,1-2H3,(H,19,20). The zero-order valence-corrected chi connectivity index (χ0v) is 11.9. The van der Waals surface area contributed by atoms with Crippen LogP contribution in [0.15, 0.2) is 24.4 Å². The number of hydrogen-bond donors (Lipinski definition) is 1. The number of carboxylic acid groups (broad SMARTS) is 1. The number of rotatable bonds is 6. The number of aromatic nitrogens is 2. The molecule has 1 heterocycles. The average Bonchev–Trinajstić information content (AvgIpc) is 2.78. The minimum atomic E-state index is -2.99. The molecule has 0 bridgehead atoms. The Hall–Kier alpha value is -2.64. The molecule has 2 rings (SSSR count). The van der Waals surface area contributed by atoms with Crippen LogP contribution in [0.3, 0.4) is 0 Å². The fraction of sp³-hybridized carbons (Fsp3) is 0.286. The Morgan fingerprint density at radius 1 is 1.41 bits per heavy atom. The first-order chi connectivity index (χ1) is 10.4. The van der Waals surface area contributed by atoms with Gasteiger partial charge in [0.15, 0.2) is 11.5 Å². The monoisotopic (exact) mass is 312 g/mol. The summed E-state index contributed by atoms with van der Waals surface area (Å²) < 4.78 is 35.8. The van der Waals surface area contributed by atoms with Crippen molar-refractivity contribution < 1.29 is 28.2 Å². The molecule has 1 N–H and O–H groups in total. The zero-order valence-electron chi connectivity index (χ0n) is 11.9. The molecule has 22 heavy (non-hydrogen) atoms. The Labute approximate surface area is 124 Å². The molecule has 1 aromatic heterocycles. The minimum Gasteiger partial charge on any atom is -0.493 e. The van der Waals surface area contributed by atoms with Gasteiger partial charge in [-0.3, -0.25) is 9.48 Å². The van der Waals surface area contributed by atoms with Crippen LogP contribution in [0.25, 0.3) is 11.1 Å². The molecule has 0 aliphatic rings.